The highest BCUT2D eigenvalue weighted by Crippen LogP contribution is 2.39. The number of nitrogens with zero attached hydrogens (tertiary/aromatic N) is 1. The minimum absolute atomic E-state index is 0.0292. The fourth-order valence-corrected chi connectivity index (χ4v) is 5.51. The van der Waals surface area contributed by atoms with E-state index in [0.29, 0.717) is 35.0 Å². The van der Waals surface area contributed by atoms with E-state index in [9.17, 15) is 9.90 Å². The Morgan fingerprint density at radius 3 is 2.52 bits per heavy atom. The third-order valence-corrected chi connectivity index (χ3v) is 6.22. The molecule has 0 saturated heterocycles. The van der Waals surface area contributed by atoms with Crippen molar-refractivity contribution in [1.82, 2.24) is 5.43 Å². The summed E-state index contributed by atoms with van der Waals surface area (Å²) in [6.07, 6.45) is 1.40. The molecule has 0 aliphatic rings. The molecule has 6 nitrogen and oxygen atoms in total. The maximum absolute atomic E-state index is 12.0. The molecule has 2 aromatic carbocycles. The topological polar surface area (TPSA) is 80.2 Å². The Labute approximate surface area is 197 Å². The Hall–Kier alpha value is -0.620. The lowest BCUT2D eigenvalue weighted by atomic mass is 10.2. The van der Waals surface area contributed by atoms with Gasteiger partial charge in [-0.3, -0.25) is 4.79 Å². The maximum atomic E-state index is 12.0. The van der Waals surface area contributed by atoms with Gasteiger partial charge in [-0.25, -0.2) is 5.43 Å². The van der Waals surface area contributed by atoms with Crippen LogP contribution in [0.1, 0.15) is 5.56 Å². The van der Waals surface area contributed by atoms with E-state index in [1.165, 1.54) is 13.3 Å². The van der Waals surface area contributed by atoms with E-state index in [1.807, 2.05) is 0 Å². The number of aromatic hydroxyl groups is 1. The van der Waals surface area contributed by atoms with Crippen LogP contribution in [0.4, 0.5) is 0 Å². The lowest BCUT2D eigenvalue weighted by Crippen LogP contribution is -2.24. The molecular weight excluding hydrogens is 684 g/mol. The maximum Gasteiger partial charge on any atom is 0.277 e. The summed E-state index contributed by atoms with van der Waals surface area (Å²) in [5.74, 6) is 0.451. The fourth-order valence-electron chi connectivity index (χ4n) is 1.88. The number of amides is 1. The molecule has 0 heterocycles. The number of hydrogen-bond acceptors (Lipinski definition) is 5. The average molecular weight is 695 g/mol. The van der Waals surface area contributed by atoms with Gasteiger partial charge in [-0.15, -0.1) is 0 Å². The molecule has 0 saturated carbocycles. The molecule has 0 aromatic heterocycles. The first kappa shape index (κ1) is 22.7. The summed E-state index contributed by atoms with van der Waals surface area (Å²) in [5, 5.41) is 13.8. The molecule has 0 spiro atoms. The van der Waals surface area contributed by atoms with Gasteiger partial charge < -0.3 is 14.6 Å². The molecule has 1 amide bonds. The summed E-state index contributed by atoms with van der Waals surface area (Å²) in [4.78, 5) is 12.0. The number of methoxy groups -OCH3 is 1. The van der Waals surface area contributed by atoms with Crippen LogP contribution in [0.5, 0.6) is 17.2 Å². The van der Waals surface area contributed by atoms with E-state index in [2.05, 4.69) is 90.2 Å². The number of hydrazone groups is 1. The van der Waals surface area contributed by atoms with Crippen LogP contribution in [0.25, 0.3) is 0 Å². The summed E-state index contributed by atoms with van der Waals surface area (Å²) in [6, 6.07) is 5.18. The second-order valence-electron chi connectivity index (χ2n) is 4.92. The molecule has 0 bridgehead atoms. The predicted octanol–water partition coefficient (Wildman–Crippen LogP) is 5.74. The highest BCUT2D eigenvalue weighted by molar-refractivity contribution is 9.12. The lowest BCUT2D eigenvalue weighted by molar-refractivity contribution is -0.123. The first-order chi connectivity index (χ1) is 12.7. The summed E-state index contributed by atoms with van der Waals surface area (Å²) in [7, 11) is 1.51. The first-order valence-corrected chi connectivity index (χ1v) is 11.0. The van der Waals surface area contributed by atoms with Crippen molar-refractivity contribution < 1.29 is 19.4 Å². The normalized spacial score (nSPS) is 10.9. The monoisotopic (exact) mass is 690 g/mol. The lowest BCUT2D eigenvalue weighted by Gasteiger charge is -2.12. The highest BCUT2D eigenvalue weighted by Gasteiger charge is 2.14. The van der Waals surface area contributed by atoms with Crippen molar-refractivity contribution in [3.63, 3.8) is 0 Å². The third-order valence-electron chi connectivity index (χ3n) is 3.11. The Morgan fingerprint density at radius 2 is 1.85 bits per heavy atom. The quantitative estimate of drug-likeness (QED) is 0.299. The zero-order valence-electron chi connectivity index (χ0n) is 13.5. The summed E-state index contributed by atoms with van der Waals surface area (Å²) in [5.41, 5.74) is 2.93. The van der Waals surface area contributed by atoms with Gasteiger partial charge >= 0.3 is 0 Å². The van der Waals surface area contributed by atoms with E-state index >= 15 is 0 Å². The number of benzene rings is 2. The number of phenols is 1. The smallest absolute Gasteiger partial charge is 0.277 e. The van der Waals surface area contributed by atoms with Gasteiger partial charge in [-0.1, -0.05) is 31.9 Å². The van der Waals surface area contributed by atoms with Gasteiger partial charge in [-0.2, -0.15) is 5.10 Å². The van der Waals surface area contributed by atoms with Crippen LogP contribution in [0.15, 0.2) is 45.7 Å². The second-order valence-corrected chi connectivity index (χ2v) is 9.19. The number of ether oxygens (including phenoxy) is 2. The fraction of sp³-hybridized carbons (Fsp3) is 0.125. The molecular formula is C16H11Br5N2O4. The molecule has 0 unspecified atom stereocenters. The molecule has 0 fully saturated rings. The number of nitrogens with one attached hydrogen (secondary N) is 1. The van der Waals surface area contributed by atoms with E-state index in [4.69, 9.17) is 9.47 Å². The van der Waals surface area contributed by atoms with E-state index < -0.39 is 5.91 Å². The largest absolute Gasteiger partial charge is 0.506 e. The van der Waals surface area contributed by atoms with E-state index in [-0.39, 0.29) is 12.4 Å². The number of hydrogen-bond donors (Lipinski definition) is 2. The van der Waals surface area contributed by atoms with Crippen LogP contribution >= 0.6 is 79.6 Å². The number of carbonyl (C=O) groups is 1. The van der Waals surface area contributed by atoms with Crippen molar-refractivity contribution in [2.45, 2.75) is 0 Å². The van der Waals surface area contributed by atoms with E-state index in [0.717, 1.165) is 4.47 Å². The molecule has 2 aromatic rings. The minimum Gasteiger partial charge on any atom is -0.506 e. The van der Waals surface area contributed by atoms with Crippen LogP contribution in [0, 0.1) is 0 Å². The predicted molar refractivity (Wildman–Crippen MR) is 121 cm³/mol. The molecule has 0 aliphatic carbocycles. The van der Waals surface area contributed by atoms with Gasteiger partial charge in [-0.05, 0) is 66.0 Å². The molecule has 2 rings (SSSR count). The van der Waals surface area contributed by atoms with Crippen molar-refractivity contribution in [2.24, 2.45) is 5.10 Å². The summed E-state index contributed by atoms with van der Waals surface area (Å²) < 4.78 is 13.8. The van der Waals surface area contributed by atoms with Crippen molar-refractivity contribution in [2.75, 3.05) is 13.7 Å². The third kappa shape index (κ3) is 5.93. The molecule has 11 heteroatoms. The van der Waals surface area contributed by atoms with Gasteiger partial charge in [0.15, 0.2) is 18.1 Å². The summed E-state index contributed by atoms with van der Waals surface area (Å²) in [6.45, 7) is -0.262. The van der Waals surface area contributed by atoms with Crippen molar-refractivity contribution in [3.05, 3.63) is 46.1 Å². The van der Waals surface area contributed by atoms with E-state index in [1.54, 1.807) is 18.2 Å². The number of phenolic OH excluding ortho intramolecular Hbond substituents is 1. The van der Waals surface area contributed by atoms with Gasteiger partial charge in [0.1, 0.15) is 5.75 Å². The Bertz CT molecular complexity index is 905. The van der Waals surface area contributed by atoms with Crippen LogP contribution < -0.4 is 14.9 Å². The zero-order valence-corrected chi connectivity index (χ0v) is 21.5. The Kier molecular flexibility index (Phi) is 8.60. The van der Waals surface area contributed by atoms with Crippen molar-refractivity contribution >= 4 is 91.8 Å². The minimum atomic E-state index is -0.461. The Balaban J connectivity index is 2.02. The number of carbonyl (C=O) groups excluding carboxylic acids is 1. The van der Waals surface area contributed by atoms with Crippen LogP contribution in [0.2, 0.25) is 0 Å². The number of halogens is 5. The van der Waals surface area contributed by atoms with Gasteiger partial charge in [0, 0.05) is 14.5 Å². The van der Waals surface area contributed by atoms with Crippen LogP contribution in [-0.2, 0) is 4.79 Å². The second kappa shape index (κ2) is 10.2. The van der Waals surface area contributed by atoms with Crippen molar-refractivity contribution in [1.29, 1.82) is 0 Å². The Morgan fingerprint density at radius 1 is 1.15 bits per heavy atom. The molecule has 0 aliphatic heterocycles. The van der Waals surface area contributed by atoms with Crippen LogP contribution in [-0.4, -0.2) is 30.9 Å². The SMILES string of the molecule is COc1cc(Br)cc(Br)c1OCC(=O)N/N=C\c1c(Br)cc(Br)c(O)c1Br. The average Bonchev–Trinajstić information content (AvgIpc) is 2.61. The molecule has 2 N–H and O–H groups in total. The molecule has 0 radical (unpaired) electrons. The number of rotatable bonds is 6. The molecule has 0 atom stereocenters. The summed E-state index contributed by atoms with van der Waals surface area (Å²) >= 11 is 16.6. The molecule has 144 valence electrons. The zero-order chi connectivity index (χ0) is 20.1. The molecule has 27 heavy (non-hydrogen) atoms. The van der Waals surface area contributed by atoms with Crippen LogP contribution in [0.3, 0.4) is 0 Å². The van der Waals surface area contributed by atoms with Gasteiger partial charge in [0.05, 0.1) is 26.7 Å². The highest BCUT2D eigenvalue weighted by atomic mass is 79.9. The standard InChI is InChI=1S/C16H11Br5N2O4/c1-26-12-3-7(17)2-11(20)16(12)27-6-13(24)23-22-5-8-9(18)4-10(19)15(25)14(8)21/h2-5,25H,6H2,1H3,(H,23,24)/b22-5-. The first-order valence-electron chi connectivity index (χ1n) is 7.08. The van der Waals surface area contributed by atoms with Gasteiger partial charge in [0.25, 0.3) is 5.91 Å². The van der Waals surface area contributed by atoms with Gasteiger partial charge in [0.2, 0.25) is 0 Å². The van der Waals surface area contributed by atoms with Crippen molar-refractivity contribution in [3.8, 4) is 17.2 Å².